The van der Waals surface area contributed by atoms with E-state index >= 15 is 0 Å². The molecular formula is C10H12Cl2O2. The summed E-state index contributed by atoms with van der Waals surface area (Å²) in [5.74, 6) is 0.488. The lowest BCUT2D eigenvalue weighted by atomic mass is 10.3. The van der Waals surface area contributed by atoms with Crippen LogP contribution in [0.4, 0.5) is 0 Å². The fourth-order valence-electron chi connectivity index (χ4n) is 0.925. The molecular weight excluding hydrogens is 223 g/mol. The van der Waals surface area contributed by atoms with Crippen LogP contribution >= 0.6 is 23.2 Å². The summed E-state index contributed by atoms with van der Waals surface area (Å²) in [6.07, 6.45) is -0.147. The van der Waals surface area contributed by atoms with Gasteiger partial charge in [0, 0.05) is 0 Å². The quantitative estimate of drug-likeness (QED) is 0.812. The minimum absolute atomic E-state index is 0.487. The second-order valence-electron chi connectivity index (χ2n) is 2.88. The smallest absolute Gasteiger partial charge is 0.197 e. The molecule has 0 heterocycles. The van der Waals surface area contributed by atoms with Crippen LogP contribution in [0.1, 0.15) is 13.3 Å². The molecule has 14 heavy (non-hydrogen) atoms. The fourth-order valence-corrected chi connectivity index (χ4v) is 1.38. The fraction of sp³-hybridized carbons (Fsp3) is 0.400. The zero-order chi connectivity index (χ0) is 10.6. The SMILES string of the molecule is CCC(O)C(Cl)Oc1ccccc1Cl. The van der Waals surface area contributed by atoms with Crippen molar-refractivity contribution in [2.24, 2.45) is 0 Å². The summed E-state index contributed by atoms with van der Waals surface area (Å²) < 4.78 is 5.28. The molecule has 0 saturated carbocycles. The Labute approximate surface area is 93.4 Å². The Morgan fingerprint density at radius 1 is 1.43 bits per heavy atom. The van der Waals surface area contributed by atoms with Crippen LogP contribution < -0.4 is 4.74 Å². The Hall–Kier alpha value is -0.440. The Bertz CT molecular complexity index is 291. The third kappa shape index (κ3) is 3.05. The monoisotopic (exact) mass is 234 g/mol. The van der Waals surface area contributed by atoms with E-state index in [0.29, 0.717) is 17.2 Å². The summed E-state index contributed by atoms with van der Waals surface area (Å²) >= 11 is 11.7. The number of rotatable bonds is 4. The van der Waals surface area contributed by atoms with Gasteiger partial charge in [-0.2, -0.15) is 0 Å². The molecule has 0 saturated heterocycles. The van der Waals surface area contributed by atoms with E-state index in [-0.39, 0.29) is 0 Å². The minimum Gasteiger partial charge on any atom is -0.470 e. The van der Waals surface area contributed by atoms with E-state index in [1.165, 1.54) is 0 Å². The molecule has 0 aliphatic carbocycles. The van der Waals surface area contributed by atoms with E-state index in [0.717, 1.165) is 0 Å². The largest absolute Gasteiger partial charge is 0.470 e. The molecule has 1 rings (SSSR count). The van der Waals surface area contributed by atoms with Crippen molar-refractivity contribution < 1.29 is 9.84 Å². The average Bonchev–Trinajstić information content (AvgIpc) is 2.20. The molecule has 78 valence electrons. The number of halogens is 2. The molecule has 0 amide bonds. The maximum absolute atomic E-state index is 9.38. The lowest BCUT2D eigenvalue weighted by Crippen LogP contribution is -2.25. The van der Waals surface area contributed by atoms with E-state index in [1.807, 2.05) is 6.92 Å². The van der Waals surface area contributed by atoms with Gasteiger partial charge < -0.3 is 9.84 Å². The van der Waals surface area contributed by atoms with E-state index in [4.69, 9.17) is 27.9 Å². The van der Waals surface area contributed by atoms with Crippen molar-refractivity contribution in [1.82, 2.24) is 0 Å². The number of ether oxygens (including phenoxy) is 1. The molecule has 0 aliphatic rings. The van der Waals surface area contributed by atoms with Crippen molar-refractivity contribution >= 4 is 23.2 Å². The van der Waals surface area contributed by atoms with Crippen molar-refractivity contribution in [3.05, 3.63) is 29.3 Å². The molecule has 1 N–H and O–H groups in total. The average molecular weight is 235 g/mol. The van der Waals surface area contributed by atoms with Crippen LogP contribution in [-0.2, 0) is 0 Å². The van der Waals surface area contributed by atoms with Crippen molar-refractivity contribution in [1.29, 1.82) is 0 Å². The molecule has 2 unspecified atom stereocenters. The summed E-state index contributed by atoms with van der Waals surface area (Å²) in [6.45, 7) is 1.83. The molecule has 1 aromatic carbocycles. The number of benzene rings is 1. The lowest BCUT2D eigenvalue weighted by Gasteiger charge is -2.17. The zero-order valence-corrected chi connectivity index (χ0v) is 9.29. The highest BCUT2D eigenvalue weighted by molar-refractivity contribution is 6.32. The van der Waals surface area contributed by atoms with E-state index in [2.05, 4.69) is 0 Å². The lowest BCUT2D eigenvalue weighted by molar-refractivity contribution is 0.0801. The van der Waals surface area contributed by atoms with Gasteiger partial charge in [-0.15, -0.1) is 0 Å². The normalized spacial score (nSPS) is 14.9. The summed E-state index contributed by atoms with van der Waals surface area (Å²) in [4.78, 5) is 0. The molecule has 2 atom stereocenters. The van der Waals surface area contributed by atoms with Gasteiger partial charge in [0.1, 0.15) is 11.9 Å². The molecule has 0 aromatic heterocycles. The first-order chi connectivity index (χ1) is 6.65. The number of aliphatic hydroxyl groups is 1. The van der Waals surface area contributed by atoms with Gasteiger partial charge in [-0.3, -0.25) is 0 Å². The topological polar surface area (TPSA) is 29.5 Å². The van der Waals surface area contributed by atoms with E-state index in [1.54, 1.807) is 24.3 Å². The third-order valence-electron chi connectivity index (χ3n) is 1.80. The number of hydrogen-bond acceptors (Lipinski definition) is 2. The maximum Gasteiger partial charge on any atom is 0.197 e. The maximum atomic E-state index is 9.38. The van der Waals surface area contributed by atoms with Gasteiger partial charge in [0.25, 0.3) is 0 Å². The molecule has 0 bridgehead atoms. The first-order valence-electron chi connectivity index (χ1n) is 4.38. The molecule has 4 heteroatoms. The van der Waals surface area contributed by atoms with Crippen molar-refractivity contribution in [2.75, 3.05) is 0 Å². The van der Waals surface area contributed by atoms with Crippen molar-refractivity contribution in [3.8, 4) is 5.75 Å². The van der Waals surface area contributed by atoms with Crippen LogP contribution in [0.25, 0.3) is 0 Å². The van der Waals surface area contributed by atoms with Gasteiger partial charge in [-0.25, -0.2) is 0 Å². The third-order valence-corrected chi connectivity index (χ3v) is 2.49. The summed E-state index contributed by atoms with van der Waals surface area (Å²) in [5.41, 5.74) is -0.764. The standard InChI is InChI=1S/C10H12Cl2O2/c1-2-8(13)10(12)14-9-6-4-3-5-7(9)11/h3-6,8,10,13H,2H2,1H3. The van der Waals surface area contributed by atoms with Crippen molar-refractivity contribution in [3.63, 3.8) is 0 Å². The number of alkyl halides is 1. The predicted octanol–water partition coefficient (Wildman–Crippen LogP) is 3.05. The van der Waals surface area contributed by atoms with Gasteiger partial charge in [0.2, 0.25) is 0 Å². The summed E-state index contributed by atoms with van der Waals surface area (Å²) in [6, 6.07) is 7.01. The van der Waals surface area contributed by atoms with E-state index < -0.39 is 11.7 Å². The Morgan fingerprint density at radius 3 is 2.64 bits per heavy atom. The van der Waals surface area contributed by atoms with Crippen LogP contribution in [0, 0.1) is 0 Å². The van der Waals surface area contributed by atoms with Crippen LogP contribution in [0.15, 0.2) is 24.3 Å². The van der Waals surface area contributed by atoms with Gasteiger partial charge in [-0.05, 0) is 18.6 Å². The van der Waals surface area contributed by atoms with Gasteiger partial charge in [0.15, 0.2) is 5.56 Å². The molecule has 2 nitrogen and oxygen atoms in total. The number of hydrogen-bond donors (Lipinski definition) is 1. The number of aliphatic hydroxyl groups excluding tert-OH is 1. The minimum atomic E-state index is -0.764. The van der Waals surface area contributed by atoms with Gasteiger partial charge in [-0.1, -0.05) is 42.3 Å². The Balaban J connectivity index is 2.64. The second-order valence-corrected chi connectivity index (χ2v) is 3.71. The highest BCUT2D eigenvalue weighted by atomic mass is 35.5. The number of para-hydroxylation sites is 1. The Morgan fingerprint density at radius 2 is 2.07 bits per heavy atom. The molecule has 0 spiro atoms. The Kier molecular flexibility index (Phi) is 4.52. The molecule has 0 fully saturated rings. The molecule has 0 aliphatic heterocycles. The summed E-state index contributed by atoms with van der Waals surface area (Å²) in [5, 5.41) is 9.87. The van der Waals surface area contributed by atoms with Crippen LogP contribution in [0.5, 0.6) is 5.75 Å². The van der Waals surface area contributed by atoms with Crippen LogP contribution in [-0.4, -0.2) is 16.8 Å². The highest BCUT2D eigenvalue weighted by Crippen LogP contribution is 2.25. The van der Waals surface area contributed by atoms with Gasteiger partial charge in [0.05, 0.1) is 5.02 Å². The zero-order valence-electron chi connectivity index (χ0n) is 7.78. The predicted molar refractivity (Wildman–Crippen MR) is 58.0 cm³/mol. The first kappa shape index (κ1) is 11.6. The molecule has 0 radical (unpaired) electrons. The second kappa shape index (κ2) is 5.44. The molecule has 1 aromatic rings. The van der Waals surface area contributed by atoms with Gasteiger partial charge >= 0.3 is 0 Å². The first-order valence-corrected chi connectivity index (χ1v) is 5.20. The van der Waals surface area contributed by atoms with E-state index in [9.17, 15) is 5.11 Å². The van der Waals surface area contributed by atoms with Crippen LogP contribution in [0.2, 0.25) is 5.02 Å². The highest BCUT2D eigenvalue weighted by Gasteiger charge is 2.16. The summed E-state index contributed by atoms with van der Waals surface area (Å²) in [7, 11) is 0. The van der Waals surface area contributed by atoms with Crippen molar-refractivity contribution in [2.45, 2.75) is 25.0 Å². The van der Waals surface area contributed by atoms with Crippen LogP contribution in [0.3, 0.4) is 0 Å².